The van der Waals surface area contributed by atoms with Crippen molar-refractivity contribution < 1.29 is 9.90 Å². The van der Waals surface area contributed by atoms with Gasteiger partial charge in [-0.15, -0.1) is 0 Å². The van der Waals surface area contributed by atoms with Gasteiger partial charge in [-0.1, -0.05) is 0 Å². The summed E-state index contributed by atoms with van der Waals surface area (Å²) < 4.78 is 0. The molecule has 1 heterocycles. The quantitative estimate of drug-likeness (QED) is 0.591. The minimum atomic E-state index is -0.646. The molecule has 5 atom stereocenters. The van der Waals surface area contributed by atoms with E-state index in [4.69, 9.17) is 5.11 Å². The van der Waals surface area contributed by atoms with Crippen molar-refractivity contribution in [1.82, 2.24) is 5.32 Å². The lowest BCUT2D eigenvalue weighted by atomic mass is 9.47. The van der Waals surface area contributed by atoms with Gasteiger partial charge in [0.2, 0.25) is 0 Å². The molecule has 0 aromatic heterocycles. The molecular formula is C9H13NO2. The molecule has 3 aliphatic rings. The Labute approximate surface area is 71.1 Å². The average Bonchev–Trinajstić information content (AvgIpc) is 2.29. The van der Waals surface area contributed by atoms with Crippen LogP contribution in [0.3, 0.4) is 0 Å². The number of fused-ring (bicyclic) bond motifs is 4. The van der Waals surface area contributed by atoms with Crippen LogP contribution in [-0.4, -0.2) is 23.7 Å². The number of rotatable bonds is 1. The Morgan fingerprint density at radius 3 is 2.58 bits per heavy atom. The highest BCUT2D eigenvalue weighted by atomic mass is 16.4. The van der Waals surface area contributed by atoms with E-state index in [0.29, 0.717) is 11.8 Å². The third-order valence-electron chi connectivity index (χ3n) is 4.15. The zero-order valence-corrected chi connectivity index (χ0v) is 6.86. The Balaban J connectivity index is 1.81. The summed E-state index contributed by atoms with van der Waals surface area (Å²) in [5.41, 5.74) is 0. The van der Waals surface area contributed by atoms with Crippen molar-refractivity contribution in [1.29, 1.82) is 0 Å². The number of carboxylic acids is 1. The molecule has 0 bridgehead atoms. The first-order valence-electron chi connectivity index (χ1n) is 4.75. The molecule has 3 nitrogen and oxygen atoms in total. The Morgan fingerprint density at radius 1 is 1.25 bits per heavy atom. The lowest BCUT2D eigenvalue weighted by molar-refractivity contribution is -0.148. The molecule has 66 valence electrons. The zero-order valence-electron chi connectivity index (χ0n) is 6.86. The minimum absolute atomic E-state index is 0.225. The van der Waals surface area contributed by atoms with Crippen LogP contribution in [0.4, 0.5) is 0 Å². The van der Waals surface area contributed by atoms with Gasteiger partial charge in [0, 0.05) is 0 Å². The third-order valence-corrected chi connectivity index (χ3v) is 4.15. The fourth-order valence-electron chi connectivity index (χ4n) is 3.45. The summed E-state index contributed by atoms with van der Waals surface area (Å²) in [6.45, 7) is 0.947. The third kappa shape index (κ3) is 0.600. The van der Waals surface area contributed by atoms with Gasteiger partial charge in [0.15, 0.2) is 0 Å². The normalized spacial score (nSPS) is 54.8. The summed E-state index contributed by atoms with van der Waals surface area (Å²) in [6.07, 6.45) is 2.62. The van der Waals surface area contributed by atoms with E-state index in [-0.39, 0.29) is 6.04 Å². The maximum absolute atomic E-state index is 10.8. The Bertz CT molecular complexity index is 241. The number of hydrogen-bond acceptors (Lipinski definition) is 2. The van der Waals surface area contributed by atoms with Crippen molar-refractivity contribution in [3.63, 3.8) is 0 Å². The van der Waals surface area contributed by atoms with Crippen LogP contribution in [0.1, 0.15) is 12.8 Å². The van der Waals surface area contributed by atoms with Gasteiger partial charge in [0.05, 0.1) is 0 Å². The van der Waals surface area contributed by atoms with Gasteiger partial charge in [-0.05, 0) is 43.1 Å². The molecular weight excluding hydrogens is 154 g/mol. The SMILES string of the molecule is O=C(O)C1NCC2C3CCC3C12. The smallest absolute Gasteiger partial charge is 0.321 e. The van der Waals surface area contributed by atoms with E-state index in [9.17, 15) is 4.79 Å². The van der Waals surface area contributed by atoms with Crippen molar-refractivity contribution >= 4 is 5.97 Å². The van der Waals surface area contributed by atoms with Crippen molar-refractivity contribution in [3.8, 4) is 0 Å². The molecule has 0 aromatic rings. The molecule has 5 unspecified atom stereocenters. The van der Waals surface area contributed by atoms with Gasteiger partial charge < -0.3 is 10.4 Å². The first-order chi connectivity index (χ1) is 5.79. The average molecular weight is 167 g/mol. The molecule has 1 saturated heterocycles. The van der Waals surface area contributed by atoms with E-state index < -0.39 is 5.97 Å². The molecule has 1 aliphatic heterocycles. The first kappa shape index (κ1) is 6.89. The van der Waals surface area contributed by atoms with Crippen LogP contribution < -0.4 is 5.32 Å². The number of carbonyl (C=O) groups is 1. The van der Waals surface area contributed by atoms with Crippen molar-refractivity contribution in [2.75, 3.05) is 6.54 Å². The van der Waals surface area contributed by atoms with Crippen molar-refractivity contribution in [3.05, 3.63) is 0 Å². The number of hydrogen-bond donors (Lipinski definition) is 2. The summed E-state index contributed by atoms with van der Waals surface area (Å²) in [7, 11) is 0. The van der Waals surface area contributed by atoms with Gasteiger partial charge >= 0.3 is 5.97 Å². The van der Waals surface area contributed by atoms with Crippen molar-refractivity contribution in [2.45, 2.75) is 18.9 Å². The molecule has 0 aromatic carbocycles. The molecule has 12 heavy (non-hydrogen) atoms. The van der Waals surface area contributed by atoms with E-state index in [1.54, 1.807) is 0 Å². The monoisotopic (exact) mass is 167 g/mol. The molecule has 2 N–H and O–H groups in total. The number of nitrogens with one attached hydrogen (secondary N) is 1. The highest BCUT2D eigenvalue weighted by Gasteiger charge is 2.61. The Hall–Kier alpha value is -0.570. The standard InChI is InChI=1S/C9H13NO2/c11-9(12)8-7-5-2-1-4(5)6(7)3-10-8/h4-8,10H,1-3H2,(H,11,12). The largest absolute Gasteiger partial charge is 0.480 e. The molecule has 0 spiro atoms. The highest BCUT2D eigenvalue weighted by Crippen LogP contribution is 2.61. The van der Waals surface area contributed by atoms with Crippen LogP contribution in [0.15, 0.2) is 0 Å². The highest BCUT2D eigenvalue weighted by molar-refractivity contribution is 5.75. The van der Waals surface area contributed by atoms with Gasteiger partial charge in [0.25, 0.3) is 0 Å². The molecule has 2 saturated carbocycles. The van der Waals surface area contributed by atoms with Crippen LogP contribution in [-0.2, 0) is 4.79 Å². The summed E-state index contributed by atoms with van der Waals surface area (Å²) in [4.78, 5) is 10.8. The number of carboxylic acid groups (broad SMARTS) is 1. The van der Waals surface area contributed by atoms with Crippen LogP contribution in [0.5, 0.6) is 0 Å². The summed E-state index contributed by atoms with van der Waals surface area (Å²) in [5.74, 6) is 2.16. The molecule has 3 heteroatoms. The zero-order chi connectivity index (χ0) is 8.29. The topological polar surface area (TPSA) is 49.3 Å². The van der Waals surface area contributed by atoms with Crippen LogP contribution in [0.2, 0.25) is 0 Å². The van der Waals surface area contributed by atoms with Crippen molar-refractivity contribution in [2.24, 2.45) is 23.7 Å². The van der Waals surface area contributed by atoms with Gasteiger partial charge in [-0.3, -0.25) is 4.79 Å². The van der Waals surface area contributed by atoms with Gasteiger partial charge in [-0.25, -0.2) is 0 Å². The van der Waals surface area contributed by atoms with E-state index >= 15 is 0 Å². The summed E-state index contributed by atoms with van der Waals surface area (Å²) in [6, 6.07) is -0.225. The molecule has 3 rings (SSSR count). The second-order valence-electron chi connectivity index (χ2n) is 4.37. The molecule has 2 aliphatic carbocycles. The van der Waals surface area contributed by atoms with E-state index in [1.165, 1.54) is 12.8 Å². The first-order valence-corrected chi connectivity index (χ1v) is 4.75. The second kappa shape index (κ2) is 2.02. The summed E-state index contributed by atoms with van der Waals surface area (Å²) in [5, 5.41) is 12.0. The fourth-order valence-corrected chi connectivity index (χ4v) is 3.45. The summed E-state index contributed by atoms with van der Waals surface area (Å²) >= 11 is 0. The fraction of sp³-hybridized carbons (Fsp3) is 0.889. The molecule has 0 radical (unpaired) electrons. The van der Waals surface area contributed by atoms with E-state index in [0.717, 1.165) is 18.4 Å². The predicted octanol–water partition coefficient (Wildman–Crippen LogP) is 0.315. The maximum atomic E-state index is 10.8. The van der Waals surface area contributed by atoms with Crippen LogP contribution in [0, 0.1) is 23.7 Å². The van der Waals surface area contributed by atoms with Gasteiger partial charge in [-0.2, -0.15) is 0 Å². The Morgan fingerprint density at radius 2 is 2.00 bits per heavy atom. The molecule has 3 fully saturated rings. The van der Waals surface area contributed by atoms with Crippen LogP contribution in [0.25, 0.3) is 0 Å². The van der Waals surface area contributed by atoms with Crippen LogP contribution >= 0.6 is 0 Å². The molecule has 0 amide bonds. The van der Waals surface area contributed by atoms with E-state index in [2.05, 4.69) is 5.32 Å². The van der Waals surface area contributed by atoms with Gasteiger partial charge in [0.1, 0.15) is 6.04 Å². The minimum Gasteiger partial charge on any atom is -0.480 e. The lowest BCUT2D eigenvalue weighted by Gasteiger charge is -2.57. The number of aliphatic carboxylic acids is 1. The van der Waals surface area contributed by atoms with E-state index in [1.807, 2.05) is 0 Å². The lowest BCUT2D eigenvalue weighted by Crippen LogP contribution is -2.56. The Kier molecular flexibility index (Phi) is 1.16. The maximum Gasteiger partial charge on any atom is 0.321 e. The second-order valence-corrected chi connectivity index (χ2v) is 4.37. The predicted molar refractivity (Wildman–Crippen MR) is 42.6 cm³/mol.